The number of hydrogen-bond donors (Lipinski definition) is 0. The summed E-state index contributed by atoms with van der Waals surface area (Å²) in [6, 6.07) is 10.6. The highest BCUT2D eigenvalue weighted by Crippen LogP contribution is 2.54. The first-order chi connectivity index (χ1) is 10.4. The minimum atomic E-state index is -1.45. The second-order valence-corrected chi connectivity index (χ2v) is 12.2. The van der Waals surface area contributed by atoms with Crippen LogP contribution in [0, 0.1) is 0 Å². The third-order valence-electron chi connectivity index (χ3n) is 4.59. The molecule has 2 aliphatic rings. The number of benzene rings is 1. The van der Waals surface area contributed by atoms with Gasteiger partial charge in [-0.2, -0.15) is 0 Å². The van der Waals surface area contributed by atoms with Crippen molar-refractivity contribution in [2.45, 2.75) is 45.3 Å². The van der Waals surface area contributed by atoms with Crippen molar-refractivity contribution in [3.63, 3.8) is 0 Å². The number of carbonyl (C=O) groups is 1. The Balaban J connectivity index is 2.19. The van der Waals surface area contributed by atoms with Crippen LogP contribution in [0.25, 0.3) is 0 Å². The van der Waals surface area contributed by atoms with E-state index in [1.807, 2.05) is 0 Å². The first-order valence-electron chi connectivity index (χ1n) is 8.14. The normalized spacial score (nSPS) is 21.5. The van der Waals surface area contributed by atoms with Gasteiger partial charge in [0, 0.05) is 11.5 Å². The molecule has 0 N–H and O–H groups in total. The van der Waals surface area contributed by atoms with Crippen molar-refractivity contribution >= 4 is 14.0 Å². The van der Waals surface area contributed by atoms with E-state index in [0.717, 1.165) is 18.4 Å². The van der Waals surface area contributed by atoms with Crippen molar-refractivity contribution in [3.05, 3.63) is 57.8 Å². The molecule has 1 heterocycles. The van der Waals surface area contributed by atoms with Gasteiger partial charge in [0.2, 0.25) is 0 Å². The molecular formula is C19H24O2Si. The van der Waals surface area contributed by atoms with Crippen molar-refractivity contribution in [3.8, 4) is 0 Å². The Bertz CT molecular complexity index is 662. The first kappa shape index (κ1) is 15.3. The summed E-state index contributed by atoms with van der Waals surface area (Å²) >= 11 is 0. The lowest BCUT2D eigenvalue weighted by Crippen LogP contribution is -2.42. The van der Waals surface area contributed by atoms with Crippen molar-refractivity contribution in [1.29, 1.82) is 0 Å². The van der Waals surface area contributed by atoms with E-state index < -0.39 is 8.07 Å². The third kappa shape index (κ3) is 2.37. The molecule has 0 fully saturated rings. The maximum atomic E-state index is 12.2. The van der Waals surface area contributed by atoms with Gasteiger partial charge >= 0.3 is 5.97 Å². The molecular weight excluding hydrogens is 288 g/mol. The number of ether oxygens (including phenoxy) is 1. The quantitative estimate of drug-likeness (QED) is 0.599. The van der Waals surface area contributed by atoms with Crippen molar-refractivity contribution in [1.82, 2.24) is 0 Å². The molecule has 1 unspecified atom stereocenters. The van der Waals surface area contributed by atoms with E-state index >= 15 is 0 Å². The molecule has 3 heteroatoms. The predicted molar refractivity (Wildman–Crippen MR) is 92.4 cm³/mol. The lowest BCUT2D eigenvalue weighted by atomic mass is 9.72. The Hall–Kier alpha value is -1.61. The molecule has 22 heavy (non-hydrogen) atoms. The maximum Gasteiger partial charge on any atom is 0.334 e. The van der Waals surface area contributed by atoms with Gasteiger partial charge in [0.05, 0.1) is 8.07 Å². The van der Waals surface area contributed by atoms with Crippen molar-refractivity contribution < 1.29 is 9.53 Å². The summed E-state index contributed by atoms with van der Waals surface area (Å²) in [7, 11) is -1.45. The van der Waals surface area contributed by atoms with E-state index in [4.69, 9.17) is 4.74 Å². The molecule has 0 spiro atoms. The molecule has 0 saturated heterocycles. The van der Waals surface area contributed by atoms with Gasteiger partial charge in [-0.25, -0.2) is 4.79 Å². The highest BCUT2D eigenvalue weighted by Gasteiger charge is 2.46. The third-order valence-corrected chi connectivity index (χ3v) is 6.79. The highest BCUT2D eigenvalue weighted by atomic mass is 28.3. The summed E-state index contributed by atoms with van der Waals surface area (Å²) in [5, 5.41) is 1.56. The van der Waals surface area contributed by atoms with E-state index in [9.17, 15) is 4.79 Å². The fourth-order valence-electron chi connectivity index (χ4n) is 3.76. The lowest BCUT2D eigenvalue weighted by molar-refractivity contribution is -0.139. The van der Waals surface area contributed by atoms with Crippen LogP contribution >= 0.6 is 0 Å². The van der Waals surface area contributed by atoms with E-state index in [1.54, 1.807) is 5.20 Å². The number of carbonyl (C=O) groups excluding carboxylic acids is 1. The van der Waals surface area contributed by atoms with Crippen molar-refractivity contribution in [2.75, 3.05) is 6.61 Å². The first-order valence-corrected chi connectivity index (χ1v) is 11.6. The predicted octanol–water partition coefficient (Wildman–Crippen LogP) is 4.61. The van der Waals surface area contributed by atoms with Crippen LogP contribution in [0.3, 0.4) is 0 Å². The van der Waals surface area contributed by atoms with E-state index in [-0.39, 0.29) is 5.97 Å². The zero-order chi connectivity index (χ0) is 15.9. The number of hydrogen-bond acceptors (Lipinski definition) is 2. The molecule has 1 aliphatic heterocycles. The smallest absolute Gasteiger partial charge is 0.334 e. The molecule has 1 atom stereocenters. The zero-order valence-electron chi connectivity index (χ0n) is 13.9. The Labute approximate surface area is 133 Å². The van der Waals surface area contributed by atoms with Gasteiger partial charge in [0.1, 0.15) is 6.61 Å². The summed E-state index contributed by atoms with van der Waals surface area (Å²) in [4.78, 5) is 12.2. The standard InChI is InChI=1S/C19H24O2Si/c1-5-9-14-17-15(12-21-19(14)20)18(22(2,3)4)16(17)13-10-7-6-8-11-13/h6-8,10-11,16H,5,9,12H2,1-4H3. The molecule has 1 aromatic rings. The van der Waals surface area contributed by atoms with Crippen LogP contribution in [0.2, 0.25) is 19.6 Å². The number of cyclic esters (lactones) is 1. The van der Waals surface area contributed by atoms with Crippen LogP contribution in [0.1, 0.15) is 31.2 Å². The van der Waals surface area contributed by atoms with Gasteiger partial charge in [-0.1, -0.05) is 68.5 Å². The maximum absolute atomic E-state index is 12.2. The zero-order valence-corrected chi connectivity index (χ0v) is 14.9. The monoisotopic (exact) mass is 312 g/mol. The minimum absolute atomic E-state index is 0.101. The molecule has 0 bridgehead atoms. The Morgan fingerprint density at radius 2 is 1.86 bits per heavy atom. The number of allylic oxidation sites excluding steroid dienone is 1. The van der Waals surface area contributed by atoms with Gasteiger partial charge in [0.15, 0.2) is 0 Å². The molecule has 3 rings (SSSR count). The van der Waals surface area contributed by atoms with Crippen LogP contribution in [-0.4, -0.2) is 20.7 Å². The average Bonchev–Trinajstić information content (AvgIpc) is 2.43. The molecule has 1 aliphatic carbocycles. The fourth-order valence-corrected chi connectivity index (χ4v) is 6.05. The van der Waals surface area contributed by atoms with Crippen LogP contribution in [0.4, 0.5) is 0 Å². The van der Waals surface area contributed by atoms with E-state index in [2.05, 4.69) is 56.9 Å². The van der Waals surface area contributed by atoms with Gasteiger partial charge < -0.3 is 4.74 Å². The molecule has 0 radical (unpaired) electrons. The highest BCUT2D eigenvalue weighted by molar-refractivity contribution is 6.84. The Morgan fingerprint density at radius 3 is 2.45 bits per heavy atom. The molecule has 0 saturated carbocycles. The number of fused-ring (bicyclic) bond motifs is 1. The van der Waals surface area contributed by atoms with Crippen LogP contribution in [-0.2, 0) is 9.53 Å². The lowest BCUT2D eigenvalue weighted by Gasteiger charge is -2.46. The SMILES string of the molecule is CCCC1=C2C(=C([Si](C)(C)C)C2c2ccccc2)COC1=O. The Morgan fingerprint density at radius 1 is 1.18 bits per heavy atom. The average molecular weight is 312 g/mol. The second-order valence-electron chi connectivity index (χ2n) is 7.20. The number of rotatable bonds is 4. The van der Waals surface area contributed by atoms with Gasteiger partial charge in [0.25, 0.3) is 0 Å². The van der Waals surface area contributed by atoms with Gasteiger partial charge in [-0.05, 0) is 23.1 Å². The molecule has 1 aromatic carbocycles. The van der Waals surface area contributed by atoms with Gasteiger partial charge in [-0.3, -0.25) is 0 Å². The largest absolute Gasteiger partial charge is 0.457 e. The molecule has 0 amide bonds. The van der Waals surface area contributed by atoms with E-state index in [1.165, 1.54) is 16.7 Å². The fraction of sp³-hybridized carbons (Fsp3) is 0.421. The Kier molecular flexibility index (Phi) is 3.85. The summed E-state index contributed by atoms with van der Waals surface area (Å²) in [5.41, 5.74) is 4.85. The summed E-state index contributed by atoms with van der Waals surface area (Å²) in [5.74, 6) is 0.216. The number of esters is 1. The van der Waals surface area contributed by atoms with Crippen molar-refractivity contribution in [2.24, 2.45) is 0 Å². The molecule has 0 aromatic heterocycles. The molecule has 2 nitrogen and oxygen atoms in total. The van der Waals surface area contributed by atoms with Crippen LogP contribution < -0.4 is 0 Å². The van der Waals surface area contributed by atoms with E-state index in [0.29, 0.717) is 12.5 Å². The summed E-state index contributed by atoms with van der Waals surface area (Å²) < 4.78 is 5.45. The summed E-state index contributed by atoms with van der Waals surface area (Å²) in [6.45, 7) is 9.76. The topological polar surface area (TPSA) is 26.3 Å². The van der Waals surface area contributed by atoms with Crippen LogP contribution in [0.5, 0.6) is 0 Å². The summed E-state index contributed by atoms with van der Waals surface area (Å²) in [6.07, 6.45) is 1.80. The minimum Gasteiger partial charge on any atom is -0.457 e. The molecule has 116 valence electrons. The van der Waals surface area contributed by atoms with Crippen LogP contribution in [0.15, 0.2) is 52.2 Å². The van der Waals surface area contributed by atoms with Gasteiger partial charge in [-0.15, -0.1) is 0 Å². The second kappa shape index (κ2) is 5.54.